The molecule has 2 aromatic carbocycles. The van der Waals surface area contributed by atoms with Gasteiger partial charge in [0.05, 0.1) is 17.4 Å². The molecule has 104 valence electrons. The van der Waals surface area contributed by atoms with Crippen LogP contribution in [0.4, 0.5) is 5.69 Å². The van der Waals surface area contributed by atoms with E-state index in [0.29, 0.717) is 0 Å². The van der Waals surface area contributed by atoms with Gasteiger partial charge in [-0.2, -0.15) is 0 Å². The van der Waals surface area contributed by atoms with Gasteiger partial charge in [0.15, 0.2) is 0 Å². The topological polar surface area (TPSA) is 24.9 Å². The molecular weight excluding hydrogens is 256 g/mol. The highest BCUT2D eigenvalue weighted by Crippen LogP contribution is 2.41. The van der Waals surface area contributed by atoms with Crippen LogP contribution in [0.5, 0.6) is 0 Å². The summed E-state index contributed by atoms with van der Waals surface area (Å²) in [6.07, 6.45) is 4.60. The summed E-state index contributed by atoms with van der Waals surface area (Å²) < 4.78 is 0. The Hall–Kier alpha value is -2.35. The second kappa shape index (κ2) is 5.21. The summed E-state index contributed by atoms with van der Waals surface area (Å²) in [6.45, 7) is 0.868. The Kier molecular flexibility index (Phi) is 3.07. The average molecular weight is 274 g/mol. The highest BCUT2D eigenvalue weighted by molar-refractivity contribution is 5.81. The molecule has 0 aliphatic heterocycles. The van der Waals surface area contributed by atoms with Gasteiger partial charge in [-0.25, -0.2) is 0 Å². The number of nitrogens with zero attached hydrogens (tertiary/aromatic N) is 1. The van der Waals surface area contributed by atoms with Crippen LogP contribution in [-0.2, 0) is 6.54 Å². The largest absolute Gasteiger partial charge is 0.380 e. The number of aromatic nitrogens is 1. The van der Waals surface area contributed by atoms with Crippen molar-refractivity contribution >= 4 is 16.6 Å². The monoisotopic (exact) mass is 274 g/mol. The molecule has 1 aliphatic rings. The third kappa shape index (κ3) is 2.62. The first-order valence-electron chi connectivity index (χ1n) is 7.56. The molecule has 0 radical (unpaired) electrons. The Morgan fingerprint density at radius 1 is 1.00 bits per heavy atom. The summed E-state index contributed by atoms with van der Waals surface area (Å²) in [7, 11) is 0. The van der Waals surface area contributed by atoms with Crippen molar-refractivity contribution in [3.63, 3.8) is 0 Å². The first-order chi connectivity index (χ1) is 10.4. The minimum absolute atomic E-state index is 0.790. The van der Waals surface area contributed by atoms with Crippen LogP contribution < -0.4 is 5.32 Å². The predicted molar refractivity (Wildman–Crippen MR) is 87.5 cm³/mol. The molecule has 2 heteroatoms. The Bertz CT molecular complexity index is 775. The maximum atomic E-state index is 4.50. The van der Waals surface area contributed by atoms with Gasteiger partial charge in [0, 0.05) is 11.9 Å². The molecule has 0 unspecified atom stereocenters. The lowest BCUT2D eigenvalue weighted by molar-refractivity contribution is 1.03. The van der Waals surface area contributed by atoms with E-state index in [1.807, 2.05) is 18.3 Å². The van der Waals surface area contributed by atoms with Gasteiger partial charge in [0.1, 0.15) is 0 Å². The minimum atomic E-state index is 0.790. The van der Waals surface area contributed by atoms with Gasteiger partial charge in [-0.1, -0.05) is 42.5 Å². The number of nitrogens with one attached hydrogen (secondary N) is 1. The molecule has 21 heavy (non-hydrogen) atoms. The van der Waals surface area contributed by atoms with E-state index in [9.17, 15) is 0 Å². The average Bonchev–Trinajstić information content (AvgIpc) is 3.38. The SMILES string of the molecule is c1ccc(C2CC2)c(CNc2cnc3ccccc3c2)c1. The van der Waals surface area contributed by atoms with Gasteiger partial charge in [-0.05, 0) is 42.0 Å². The molecule has 0 amide bonds. The fourth-order valence-corrected chi connectivity index (χ4v) is 2.85. The lowest BCUT2D eigenvalue weighted by Gasteiger charge is -2.11. The first-order valence-corrected chi connectivity index (χ1v) is 7.56. The highest BCUT2D eigenvalue weighted by Gasteiger charge is 2.25. The number of para-hydroxylation sites is 1. The molecule has 3 aromatic rings. The van der Waals surface area contributed by atoms with Crippen molar-refractivity contribution in [3.8, 4) is 0 Å². The third-order valence-electron chi connectivity index (χ3n) is 4.15. The molecule has 1 aromatic heterocycles. The van der Waals surface area contributed by atoms with E-state index < -0.39 is 0 Å². The van der Waals surface area contributed by atoms with Crippen molar-refractivity contribution in [1.29, 1.82) is 0 Å². The predicted octanol–water partition coefficient (Wildman–Crippen LogP) is 4.72. The van der Waals surface area contributed by atoms with Crippen LogP contribution in [0.25, 0.3) is 10.9 Å². The standard InChI is InChI=1S/C19H18N2/c1-3-7-18(14-9-10-14)16(6-1)12-20-17-11-15-5-2-4-8-19(15)21-13-17/h1-8,11,13-14,20H,9-10,12H2. The number of hydrogen-bond donors (Lipinski definition) is 1. The Labute approximate surface area is 124 Å². The van der Waals surface area contributed by atoms with Gasteiger partial charge >= 0.3 is 0 Å². The van der Waals surface area contributed by atoms with Crippen LogP contribution in [0.2, 0.25) is 0 Å². The van der Waals surface area contributed by atoms with Gasteiger partial charge in [0.2, 0.25) is 0 Å². The first kappa shape index (κ1) is 12.4. The van der Waals surface area contributed by atoms with E-state index in [-0.39, 0.29) is 0 Å². The highest BCUT2D eigenvalue weighted by atomic mass is 14.9. The van der Waals surface area contributed by atoms with Crippen molar-refractivity contribution in [1.82, 2.24) is 4.98 Å². The molecule has 4 rings (SSSR count). The zero-order chi connectivity index (χ0) is 14.1. The lowest BCUT2D eigenvalue weighted by Crippen LogP contribution is -2.02. The maximum absolute atomic E-state index is 4.50. The zero-order valence-electron chi connectivity index (χ0n) is 11.9. The van der Waals surface area contributed by atoms with Crippen LogP contribution in [0, 0.1) is 0 Å². The van der Waals surface area contributed by atoms with Crippen LogP contribution >= 0.6 is 0 Å². The van der Waals surface area contributed by atoms with Crippen LogP contribution in [0.15, 0.2) is 60.8 Å². The Balaban J connectivity index is 1.55. The van der Waals surface area contributed by atoms with Crippen molar-refractivity contribution in [2.24, 2.45) is 0 Å². The smallest absolute Gasteiger partial charge is 0.0703 e. The van der Waals surface area contributed by atoms with Crippen LogP contribution in [0.1, 0.15) is 29.9 Å². The molecule has 2 nitrogen and oxygen atoms in total. The summed E-state index contributed by atoms with van der Waals surface area (Å²) in [4.78, 5) is 4.50. The number of anilines is 1. The molecule has 0 bridgehead atoms. The molecule has 1 aliphatic carbocycles. The van der Waals surface area contributed by atoms with Gasteiger partial charge in [-0.3, -0.25) is 4.98 Å². The number of rotatable bonds is 4. The molecule has 1 N–H and O–H groups in total. The number of fused-ring (bicyclic) bond motifs is 1. The second-order valence-corrected chi connectivity index (χ2v) is 5.74. The normalized spacial score (nSPS) is 14.3. The van der Waals surface area contributed by atoms with Crippen molar-refractivity contribution in [2.75, 3.05) is 5.32 Å². The lowest BCUT2D eigenvalue weighted by atomic mass is 10.0. The third-order valence-corrected chi connectivity index (χ3v) is 4.15. The molecule has 0 saturated heterocycles. The Morgan fingerprint density at radius 2 is 1.81 bits per heavy atom. The molecule has 1 saturated carbocycles. The number of pyridine rings is 1. The summed E-state index contributed by atoms with van der Waals surface area (Å²) in [5.74, 6) is 0.790. The van der Waals surface area contributed by atoms with Crippen molar-refractivity contribution < 1.29 is 0 Å². The molecule has 1 heterocycles. The maximum Gasteiger partial charge on any atom is 0.0703 e. The van der Waals surface area contributed by atoms with Gasteiger partial charge < -0.3 is 5.32 Å². The number of benzene rings is 2. The fourth-order valence-electron chi connectivity index (χ4n) is 2.85. The molecule has 0 spiro atoms. The fraction of sp³-hybridized carbons (Fsp3) is 0.211. The van der Waals surface area contributed by atoms with Crippen molar-refractivity contribution in [3.05, 3.63) is 71.9 Å². The van der Waals surface area contributed by atoms with Crippen LogP contribution in [-0.4, -0.2) is 4.98 Å². The van der Waals surface area contributed by atoms with E-state index >= 15 is 0 Å². The minimum Gasteiger partial charge on any atom is -0.380 e. The van der Waals surface area contributed by atoms with Gasteiger partial charge in [-0.15, -0.1) is 0 Å². The quantitative estimate of drug-likeness (QED) is 0.744. The summed E-state index contributed by atoms with van der Waals surface area (Å²) in [5, 5.41) is 4.69. The molecule has 0 atom stereocenters. The molecular formula is C19H18N2. The van der Waals surface area contributed by atoms with Crippen LogP contribution in [0.3, 0.4) is 0 Å². The van der Waals surface area contributed by atoms with Gasteiger partial charge in [0.25, 0.3) is 0 Å². The number of hydrogen-bond acceptors (Lipinski definition) is 2. The van der Waals surface area contributed by atoms with E-state index in [1.54, 1.807) is 0 Å². The molecule has 1 fully saturated rings. The van der Waals surface area contributed by atoms with E-state index in [1.165, 1.54) is 29.4 Å². The van der Waals surface area contributed by atoms with E-state index in [4.69, 9.17) is 0 Å². The summed E-state index contributed by atoms with van der Waals surface area (Å²) in [6, 6.07) is 19.2. The van der Waals surface area contributed by atoms with E-state index in [2.05, 4.69) is 52.8 Å². The summed E-state index contributed by atoms with van der Waals surface area (Å²) >= 11 is 0. The summed E-state index contributed by atoms with van der Waals surface area (Å²) in [5.41, 5.74) is 5.05. The second-order valence-electron chi connectivity index (χ2n) is 5.74. The zero-order valence-corrected chi connectivity index (χ0v) is 11.9. The Morgan fingerprint density at radius 3 is 2.71 bits per heavy atom. The van der Waals surface area contributed by atoms with Crippen molar-refractivity contribution in [2.45, 2.75) is 25.3 Å². The van der Waals surface area contributed by atoms with E-state index in [0.717, 1.165) is 23.7 Å².